The molecule has 0 atom stereocenters. The van der Waals surface area contributed by atoms with E-state index in [9.17, 15) is 0 Å². The van der Waals surface area contributed by atoms with Gasteiger partial charge in [-0.3, -0.25) is 4.90 Å². The van der Waals surface area contributed by atoms with Crippen molar-refractivity contribution >= 4 is 40.0 Å². The molecule has 2 heterocycles. The van der Waals surface area contributed by atoms with Gasteiger partial charge in [0.15, 0.2) is 5.11 Å². The van der Waals surface area contributed by atoms with E-state index in [0.717, 1.165) is 30.2 Å². The van der Waals surface area contributed by atoms with E-state index in [4.69, 9.17) is 17.2 Å². The summed E-state index contributed by atoms with van der Waals surface area (Å²) >= 11 is 5.60. The van der Waals surface area contributed by atoms with E-state index in [1.54, 1.807) is 0 Å². The van der Waals surface area contributed by atoms with Crippen molar-refractivity contribution in [3.8, 4) is 0 Å². The molecule has 0 saturated carbocycles. The molecule has 0 unspecified atom stereocenters. The molecule has 1 N–H and O–H groups in total. The quantitative estimate of drug-likeness (QED) is 0.697. The molecule has 4 rings (SSSR count). The summed E-state index contributed by atoms with van der Waals surface area (Å²) in [7, 11) is 0. The number of anilines is 2. The molecule has 4 nitrogen and oxygen atoms in total. The van der Waals surface area contributed by atoms with Crippen molar-refractivity contribution in [2.24, 2.45) is 0 Å². The topological polar surface area (TPSA) is 33.1 Å². The van der Waals surface area contributed by atoms with Crippen LogP contribution in [-0.2, 0) is 6.54 Å². The molecule has 0 aliphatic carbocycles. The molecule has 1 aliphatic heterocycles. The van der Waals surface area contributed by atoms with Crippen LogP contribution in [0.15, 0.2) is 48.5 Å². The van der Waals surface area contributed by atoms with Crippen molar-refractivity contribution in [3.63, 3.8) is 0 Å². The summed E-state index contributed by atoms with van der Waals surface area (Å²) in [6, 6.07) is 16.4. The Labute approximate surface area is 134 Å². The standard InChI is InChI=1S/C17H16N4S/c1-12-6-2-3-7-13(12)19-17(22)21-11-10-20-15-9-5-4-8-14(15)18-16(20)21/h2-9H,10-11H2,1H3,(H,19,22). The Kier molecular flexibility index (Phi) is 3.08. The van der Waals surface area contributed by atoms with Gasteiger partial charge in [-0.15, -0.1) is 0 Å². The first-order chi connectivity index (χ1) is 10.7. The monoisotopic (exact) mass is 308 g/mol. The van der Waals surface area contributed by atoms with Gasteiger partial charge in [0.1, 0.15) is 0 Å². The maximum atomic E-state index is 5.60. The lowest BCUT2D eigenvalue weighted by Gasteiger charge is -2.19. The molecule has 0 fully saturated rings. The third-order valence-corrected chi connectivity index (χ3v) is 4.38. The van der Waals surface area contributed by atoms with Crippen molar-refractivity contribution in [3.05, 3.63) is 54.1 Å². The lowest BCUT2D eigenvalue weighted by molar-refractivity contribution is 0.829. The van der Waals surface area contributed by atoms with Crippen LogP contribution in [0.5, 0.6) is 0 Å². The Bertz CT molecular complexity index is 868. The van der Waals surface area contributed by atoms with Crippen LogP contribution in [0.3, 0.4) is 0 Å². The van der Waals surface area contributed by atoms with Crippen molar-refractivity contribution < 1.29 is 0 Å². The van der Waals surface area contributed by atoms with Gasteiger partial charge in [0, 0.05) is 18.8 Å². The zero-order valence-corrected chi connectivity index (χ0v) is 13.1. The van der Waals surface area contributed by atoms with Crippen LogP contribution in [-0.4, -0.2) is 21.2 Å². The van der Waals surface area contributed by atoms with E-state index in [-0.39, 0.29) is 0 Å². The van der Waals surface area contributed by atoms with Gasteiger partial charge in [0.25, 0.3) is 0 Å². The largest absolute Gasteiger partial charge is 0.332 e. The summed E-state index contributed by atoms with van der Waals surface area (Å²) in [6.07, 6.45) is 0. The molecule has 0 bridgehead atoms. The summed E-state index contributed by atoms with van der Waals surface area (Å²) in [4.78, 5) is 6.79. The van der Waals surface area contributed by atoms with Crippen LogP contribution in [0.1, 0.15) is 5.56 Å². The third-order valence-electron chi connectivity index (χ3n) is 4.05. The zero-order chi connectivity index (χ0) is 15.1. The van der Waals surface area contributed by atoms with Crippen molar-refractivity contribution in [2.75, 3.05) is 16.8 Å². The summed E-state index contributed by atoms with van der Waals surface area (Å²) < 4.78 is 2.22. The number of aromatic nitrogens is 2. The number of aryl methyl sites for hydroxylation is 1. The smallest absolute Gasteiger partial charge is 0.213 e. The van der Waals surface area contributed by atoms with Gasteiger partial charge in [0.2, 0.25) is 5.95 Å². The number of hydrogen-bond acceptors (Lipinski definition) is 2. The molecule has 0 amide bonds. The van der Waals surface area contributed by atoms with Crippen LogP contribution < -0.4 is 10.2 Å². The highest BCUT2D eigenvalue weighted by Crippen LogP contribution is 2.28. The first-order valence-electron chi connectivity index (χ1n) is 7.33. The first-order valence-corrected chi connectivity index (χ1v) is 7.74. The number of para-hydroxylation sites is 3. The lowest BCUT2D eigenvalue weighted by Crippen LogP contribution is -2.33. The van der Waals surface area contributed by atoms with Gasteiger partial charge < -0.3 is 9.88 Å². The van der Waals surface area contributed by atoms with E-state index in [1.807, 2.05) is 36.4 Å². The minimum atomic E-state index is 0.698. The number of benzene rings is 2. The minimum Gasteiger partial charge on any atom is -0.332 e. The van der Waals surface area contributed by atoms with Crippen LogP contribution in [0.25, 0.3) is 11.0 Å². The molecule has 22 heavy (non-hydrogen) atoms. The molecule has 110 valence electrons. The van der Waals surface area contributed by atoms with Crippen LogP contribution in [0, 0.1) is 6.92 Å². The predicted molar refractivity (Wildman–Crippen MR) is 94.5 cm³/mol. The van der Waals surface area contributed by atoms with Gasteiger partial charge >= 0.3 is 0 Å². The van der Waals surface area contributed by atoms with Crippen molar-refractivity contribution in [2.45, 2.75) is 13.5 Å². The number of imidazole rings is 1. The van der Waals surface area contributed by atoms with Gasteiger partial charge in [-0.05, 0) is 42.9 Å². The van der Waals surface area contributed by atoms with Crippen molar-refractivity contribution in [1.82, 2.24) is 9.55 Å². The fraction of sp³-hybridized carbons (Fsp3) is 0.176. The fourth-order valence-corrected chi connectivity index (χ4v) is 3.16. The number of fused-ring (bicyclic) bond motifs is 3. The number of nitrogens with zero attached hydrogens (tertiary/aromatic N) is 3. The van der Waals surface area contributed by atoms with Gasteiger partial charge in [-0.25, -0.2) is 4.98 Å². The first kappa shape index (κ1) is 13.3. The number of nitrogens with one attached hydrogen (secondary N) is 1. The normalized spacial score (nSPS) is 13.4. The summed E-state index contributed by atoms with van der Waals surface area (Å²) in [5, 5.41) is 4.04. The Morgan fingerprint density at radius 1 is 1.09 bits per heavy atom. The maximum Gasteiger partial charge on any atom is 0.213 e. The van der Waals surface area contributed by atoms with Gasteiger partial charge in [-0.1, -0.05) is 30.3 Å². The number of thiocarbonyl (C=S) groups is 1. The molecule has 5 heteroatoms. The second kappa shape index (κ2) is 5.10. The number of rotatable bonds is 1. The molecular weight excluding hydrogens is 292 g/mol. The van der Waals surface area contributed by atoms with Crippen LogP contribution in [0.2, 0.25) is 0 Å². The van der Waals surface area contributed by atoms with Crippen molar-refractivity contribution in [1.29, 1.82) is 0 Å². The second-order valence-electron chi connectivity index (χ2n) is 5.45. The Hall–Kier alpha value is -2.40. The molecule has 0 radical (unpaired) electrons. The average molecular weight is 308 g/mol. The second-order valence-corrected chi connectivity index (χ2v) is 5.84. The Morgan fingerprint density at radius 3 is 2.73 bits per heavy atom. The minimum absolute atomic E-state index is 0.698. The fourth-order valence-electron chi connectivity index (χ4n) is 2.88. The highest BCUT2D eigenvalue weighted by Gasteiger charge is 2.26. The number of hydrogen-bond donors (Lipinski definition) is 1. The summed E-state index contributed by atoms with van der Waals surface area (Å²) in [5.74, 6) is 0.923. The molecule has 0 spiro atoms. The molecule has 3 aromatic rings. The highest BCUT2D eigenvalue weighted by atomic mass is 32.1. The van der Waals surface area contributed by atoms with Gasteiger partial charge in [-0.2, -0.15) is 0 Å². The Balaban J connectivity index is 1.66. The third kappa shape index (κ3) is 2.05. The van der Waals surface area contributed by atoms with E-state index < -0.39 is 0 Å². The SMILES string of the molecule is Cc1ccccc1NC(=S)N1CCn2c1nc1ccccc12. The molecule has 0 saturated heterocycles. The maximum absolute atomic E-state index is 5.60. The Morgan fingerprint density at radius 2 is 1.86 bits per heavy atom. The molecular formula is C17H16N4S. The predicted octanol–water partition coefficient (Wildman–Crippen LogP) is 3.56. The molecule has 1 aromatic heterocycles. The van der Waals surface area contributed by atoms with Gasteiger partial charge in [0.05, 0.1) is 11.0 Å². The zero-order valence-electron chi connectivity index (χ0n) is 12.3. The average Bonchev–Trinajstić information content (AvgIpc) is 3.08. The van der Waals surface area contributed by atoms with Crippen LogP contribution in [0.4, 0.5) is 11.6 Å². The molecule has 1 aliphatic rings. The highest BCUT2D eigenvalue weighted by molar-refractivity contribution is 7.80. The van der Waals surface area contributed by atoms with Crippen LogP contribution >= 0.6 is 12.2 Å². The van der Waals surface area contributed by atoms with E-state index >= 15 is 0 Å². The van der Waals surface area contributed by atoms with E-state index in [2.05, 4.69) is 33.8 Å². The lowest BCUT2D eigenvalue weighted by atomic mass is 10.2. The van der Waals surface area contributed by atoms with E-state index in [0.29, 0.717) is 5.11 Å². The summed E-state index contributed by atoms with van der Waals surface area (Å²) in [5.41, 5.74) is 4.40. The molecule has 2 aromatic carbocycles. The summed E-state index contributed by atoms with van der Waals surface area (Å²) in [6.45, 7) is 3.83. The van der Waals surface area contributed by atoms with E-state index in [1.165, 1.54) is 11.1 Å².